The first-order valence-corrected chi connectivity index (χ1v) is 9.72. The molecule has 144 valence electrons. The third kappa shape index (κ3) is 3.46. The lowest BCUT2D eigenvalue weighted by atomic mass is 9.80. The summed E-state index contributed by atoms with van der Waals surface area (Å²) in [6.07, 6.45) is 5.63. The van der Waals surface area contributed by atoms with Crippen molar-refractivity contribution >= 4 is 17.5 Å². The number of allylic oxidation sites excluding steroid dienone is 2. The van der Waals surface area contributed by atoms with Crippen LogP contribution in [0, 0.1) is 11.8 Å². The second kappa shape index (κ2) is 7.72. The molecule has 0 aromatic heterocycles. The molecule has 6 nitrogen and oxygen atoms in total. The van der Waals surface area contributed by atoms with Gasteiger partial charge in [0.25, 0.3) is 0 Å². The molecular formula is C21H26N2O4. The fourth-order valence-electron chi connectivity index (χ4n) is 4.45. The van der Waals surface area contributed by atoms with Crippen molar-refractivity contribution in [2.75, 3.05) is 38.3 Å². The van der Waals surface area contributed by atoms with E-state index in [-0.39, 0.29) is 30.1 Å². The Kier molecular flexibility index (Phi) is 5.16. The van der Waals surface area contributed by atoms with Gasteiger partial charge in [0.2, 0.25) is 11.8 Å². The van der Waals surface area contributed by atoms with E-state index in [1.807, 2.05) is 0 Å². The van der Waals surface area contributed by atoms with Crippen LogP contribution in [0.4, 0.5) is 5.69 Å². The highest BCUT2D eigenvalue weighted by Gasteiger charge is 2.45. The van der Waals surface area contributed by atoms with Gasteiger partial charge in [-0.25, -0.2) is 0 Å². The Labute approximate surface area is 159 Å². The van der Waals surface area contributed by atoms with Gasteiger partial charge in [-0.05, 0) is 43.5 Å². The van der Waals surface area contributed by atoms with Crippen LogP contribution in [0.25, 0.3) is 0 Å². The summed E-state index contributed by atoms with van der Waals surface area (Å²) >= 11 is 0. The summed E-state index contributed by atoms with van der Waals surface area (Å²) in [4.78, 5) is 29.6. The monoisotopic (exact) mass is 370 g/mol. The Bertz CT molecular complexity index is 737. The van der Waals surface area contributed by atoms with Gasteiger partial charge in [0.15, 0.2) is 0 Å². The van der Waals surface area contributed by atoms with Crippen LogP contribution >= 0.6 is 0 Å². The summed E-state index contributed by atoms with van der Waals surface area (Å²) in [5, 5.41) is 0. The molecule has 2 heterocycles. The number of benzene rings is 1. The van der Waals surface area contributed by atoms with Crippen LogP contribution in [-0.4, -0.2) is 50.1 Å². The van der Waals surface area contributed by atoms with Gasteiger partial charge < -0.3 is 14.4 Å². The van der Waals surface area contributed by atoms with Gasteiger partial charge in [-0.15, -0.1) is 0 Å². The van der Waals surface area contributed by atoms with Gasteiger partial charge in [0.05, 0.1) is 31.9 Å². The lowest BCUT2D eigenvalue weighted by Crippen LogP contribution is -2.41. The van der Waals surface area contributed by atoms with E-state index in [4.69, 9.17) is 9.47 Å². The Morgan fingerprint density at radius 2 is 1.81 bits per heavy atom. The highest BCUT2D eigenvalue weighted by molar-refractivity contribution is 6.21. The molecule has 27 heavy (non-hydrogen) atoms. The molecule has 2 atom stereocenters. The first kappa shape index (κ1) is 18.0. The van der Waals surface area contributed by atoms with Gasteiger partial charge in [0, 0.05) is 31.1 Å². The van der Waals surface area contributed by atoms with Crippen LogP contribution in [0.3, 0.4) is 0 Å². The zero-order valence-corrected chi connectivity index (χ0v) is 15.7. The Morgan fingerprint density at radius 3 is 2.52 bits per heavy atom. The van der Waals surface area contributed by atoms with Gasteiger partial charge in [-0.2, -0.15) is 0 Å². The van der Waals surface area contributed by atoms with Crippen LogP contribution in [0.15, 0.2) is 36.0 Å². The minimum atomic E-state index is -0.269. The predicted molar refractivity (Wildman–Crippen MR) is 101 cm³/mol. The topological polar surface area (TPSA) is 59.1 Å². The van der Waals surface area contributed by atoms with Crippen LogP contribution in [0.1, 0.15) is 25.7 Å². The minimum Gasteiger partial charge on any atom is -0.497 e. The smallest absolute Gasteiger partial charge is 0.238 e. The standard InChI is InChI=1S/C21H26N2O4/c1-26-16-8-6-15(7-9-16)23-20(24)14-18(21(23)25)17-4-2-3-5-19(17)22-10-12-27-13-11-22/h5-9,17-18H,2-4,10-14H2,1H3/t17-,18+/m1/s1. The fraction of sp³-hybridized carbons (Fsp3) is 0.524. The maximum atomic E-state index is 13.2. The summed E-state index contributed by atoms with van der Waals surface area (Å²) in [7, 11) is 1.60. The first-order valence-electron chi connectivity index (χ1n) is 9.72. The van der Waals surface area contributed by atoms with Gasteiger partial charge in [-0.3, -0.25) is 14.5 Å². The largest absolute Gasteiger partial charge is 0.497 e. The van der Waals surface area contributed by atoms with Crippen LogP contribution < -0.4 is 9.64 Å². The molecule has 2 saturated heterocycles. The zero-order valence-electron chi connectivity index (χ0n) is 15.7. The molecule has 0 unspecified atom stereocenters. The Morgan fingerprint density at radius 1 is 1.07 bits per heavy atom. The molecule has 3 aliphatic rings. The lowest BCUT2D eigenvalue weighted by Gasteiger charge is -2.38. The van der Waals surface area contributed by atoms with Crippen molar-refractivity contribution in [3.8, 4) is 5.75 Å². The average Bonchev–Trinajstić information content (AvgIpc) is 3.02. The summed E-state index contributed by atoms with van der Waals surface area (Å²) in [5.74, 6) is 0.378. The third-order valence-corrected chi connectivity index (χ3v) is 5.83. The highest BCUT2D eigenvalue weighted by Crippen LogP contribution is 2.40. The van der Waals surface area contributed by atoms with Crippen molar-refractivity contribution < 1.29 is 19.1 Å². The maximum Gasteiger partial charge on any atom is 0.238 e. The summed E-state index contributed by atoms with van der Waals surface area (Å²) in [6, 6.07) is 7.11. The van der Waals surface area contributed by atoms with E-state index in [2.05, 4.69) is 11.0 Å². The van der Waals surface area contributed by atoms with Gasteiger partial charge in [-0.1, -0.05) is 6.08 Å². The number of methoxy groups -OCH3 is 1. The van der Waals surface area contributed by atoms with E-state index >= 15 is 0 Å². The van der Waals surface area contributed by atoms with E-state index in [9.17, 15) is 9.59 Å². The molecule has 6 heteroatoms. The van der Waals surface area contributed by atoms with Crippen LogP contribution in [-0.2, 0) is 14.3 Å². The van der Waals surface area contributed by atoms with Gasteiger partial charge in [0.1, 0.15) is 5.75 Å². The molecule has 2 amide bonds. The van der Waals surface area contributed by atoms with Crippen molar-refractivity contribution in [3.05, 3.63) is 36.0 Å². The molecule has 2 aliphatic heterocycles. The molecule has 0 N–H and O–H groups in total. The van der Waals surface area contributed by atoms with Crippen molar-refractivity contribution in [1.29, 1.82) is 0 Å². The second-order valence-electron chi connectivity index (χ2n) is 7.34. The van der Waals surface area contributed by atoms with Gasteiger partial charge >= 0.3 is 0 Å². The summed E-state index contributed by atoms with van der Waals surface area (Å²) in [5.41, 5.74) is 1.87. The number of hydrogen-bond donors (Lipinski definition) is 0. The predicted octanol–water partition coefficient (Wildman–Crippen LogP) is 2.59. The number of anilines is 1. The van der Waals surface area contributed by atoms with E-state index in [1.54, 1.807) is 31.4 Å². The molecule has 1 aromatic rings. The normalized spacial score (nSPS) is 26.3. The maximum absolute atomic E-state index is 13.2. The van der Waals surface area contributed by atoms with Crippen molar-refractivity contribution in [2.45, 2.75) is 25.7 Å². The number of nitrogens with zero attached hydrogens (tertiary/aromatic N) is 2. The molecule has 0 saturated carbocycles. The minimum absolute atomic E-state index is 0.0729. The van der Waals surface area contributed by atoms with E-state index < -0.39 is 0 Å². The summed E-state index contributed by atoms with van der Waals surface area (Å²) < 4.78 is 10.6. The zero-order chi connectivity index (χ0) is 18.8. The van der Waals surface area contributed by atoms with Crippen molar-refractivity contribution in [2.24, 2.45) is 11.8 Å². The van der Waals surface area contributed by atoms with E-state index in [0.717, 1.165) is 45.6 Å². The molecule has 4 rings (SSSR count). The number of ether oxygens (including phenoxy) is 2. The quantitative estimate of drug-likeness (QED) is 0.763. The average molecular weight is 370 g/mol. The number of amides is 2. The molecule has 0 bridgehead atoms. The van der Waals surface area contributed by atoms with E-state index in [1.165, 1.54) is 10.6 Å². The fourth-order valence-corrected chi connectivity index (χ4v) is 4.45. The number of morpholine rings is 1. The number of imide groups is 1. The first-order chi connectivity index (χ1) is 13.2. The van der Waals surface area contributed by atoms with Crippen molar-refractivity contribution in [3.63, 3.8) is 0 Å². The number of carbonyl (C=O) groups excluding carboxylic acids is 2. The molecule has 2 fully saturated rings. The summed E-state index contributed by atoms with van der Waals surface area (Å²) in [6.45, 7) is 3.16. The molecule has 1 aliphatic carbocycles. The second-order valence-corrected chi connectivity index (χ2v) is 7.34. The number of hydrogen-bond acceptors (Lipinski definition) is 5. The Hall–Kier alpha value is -2.34. The van der Waals surface area contributed by atoms with E-state index in [0.29, 0.717) is 11.4 Å². The number of rotatable bonds is 4. The molecule has 0 spiro atoms. The SMILES string of the molecule is COc1ccc(N2C(=O)C[C@@H]([C@H]3CCCC=C3N3CCOCC3)C2=O)cc1. The Balaban J connectivity index is 1.56. The molecule has 1 aromatic carbocycles. The molecular weight excluding hydrogens is 344 g/mol. The van der Waals surface area contributed by atoms with Crippen LogP contribution in [0.2, 0.25) is 0 Å². The van der Waals surface area contributed by atoms with Crippen LogP contribution in [0.5, 0.6) is 5.75 Å². The third-order valence-electron chi connectivity index (χ3n) is 5.83. The molecule has 0 radical (unpaired) electrons. The lowest BCUT2D eigenvalue weighted by molar-refractivity contribution is -0.123. The van der Waals surface area contributed by atoms with Crippen molar-refractivity contribution in [1.82, 2.24) is 4.90 Å². The highest BCUT2D eigenvalue weighted by atomic mass is 16.5. The number of carbonyl (C=O) groups is 2.